The second-order valence-electron chi connectivity index (χ2n) is 3.69. The number of aromatic nitrogens is 1. The van der Waals surface area contributed by atoms with Crippen molar-refractivity contribution in [3.63, 3.8) is 0 Å². The molecule has 1 heterocycles. The molecule has 4 N–H and O–H groups in total. The predicted molar refractivity (Wildman–Crippen MR) is 78.0 cm³/mol. The van der Waals surface area contributed by atoms with Crippen molar-refractivity contribution >= 4 is 50.7 Å². The molecule has 98 valence electrons. The number of carboxylic acid groups (broad SMARTS) is 1. The van der Waals surface area contributed by atoms with Crippen LogP contribution in [0.1, 0.15) is 10.5 Å². The third kappa shape index (κ3) is 3.15. The van der Waals surface area contributed by atoms with Gasteiger partial charge < -0.3 is 16.2 Å². The SMILES string of the molecule is Nc1ccc(C(=O)O)nc1Nc1cc(Cl)ccc1Br. The molecule has 0 unspecified atom stereocenters. The van der Waals surface area contributed by atoms with Gasteiger partial charge in [-0.15, -0.1) is 0 Å². The molecule has 0 fully saturated rings. The highest BCUT2D eigenvalue weighted by Gasteiger charge is 2.10. The van der Waals surface area contributed by atoms with Crippen molar-refractivity contribution in [1.29, 1.82) is 0 Å². The Hall–Kier alpha value is -1.79. The fraction of sp³-hybridized carbons (Fsp3) is 0. The number of rotatable bonds is 3. The molecule has 0 amide bonds. The first kappa shape index (κ1) is 13.6. The van der Waals surface area contributed by atoms with Gasteiger partial charge in [0.2, 0.25) is 0 Å². The van der Waals surface area contributed by atoms with Crippen LogP contribution in [-0.2, 0) is 0 Å². The Morgan fingerprint density at radius 1 is 1.37 bits per heavy atom. The van der Waals surface area contributed by atoms with Crippen molar-refractivity contribution in [2.75, 3.05) is 11.1 Å². The lowest BCUT2D eigenvalue weighted by molar-refractivity contribution is 0.0690. The second kappa shape index (κ2) is 5.46. The largest absolute Gasteiger partial charge is 0.477 e. The van der Waals surface area contributed by atoms with Crippen molar-refractivity contribution in [3.8, 4) is 0 Å². The molecule has 0 radical (unpaired) electrons. The minimum atomic E-state index is -1.12. The predicted octanol–water partition coefficient (Wildman–Crippen LogP) is 3.52. The second-order valence-corrected chi connectivity index (χ2v) is 4.98. The van der Waals surface area contributed by atoms with E-state index in [1.54, 1.807) is 18.2 Å². The summed E-state index contributed by atoms with van der Waals surface area (Å²) >= 11 is 9.25. The van der Waals surface area contributed by atoms with Crippen LogP contribution in [0.25, 0.3) is 0 Å². The van der Waals surface area contributed by atoms with Crippen LogP contribution in [-0.4, -0.2) is 16.1 Å². The van der Waals surface area contributed by atoms with E-state index in [1.165, 1.54) is 12.1 Å². The summed E-state index contributed by atoms with van der Waals surface area (Å²) in [7, 11) is 0. The van der Waals surface area contributed by atoms with Crippen LogP contribution in [0.15, 0.2) is 34.8 Å². The van der Waals surface area contributed by atoms with E-state index in [0.717, 1.165) is 4.47 Å². The van der Waals surface area contributed by atoms with E-state index in [-0.39, 0.29) is 11.5 Å². The fourth-order valence-electron chi connectivity index (χ4n) is 1.41. The number of nitrogens with two attached hydrogens (primary N) is 1. The molecule has 0 aliphatic rings. The number of nitrogen functional groups attached to an aromatic ring is 1. The van der Waals surface area contributed by atoms with Gasteiger partial charge >= 0.3 is 5.97 Å². The Bertz CT molecular complexity index is 649. The first-order valence-electron chi connectivity index (χ1n) is 5.19. The van der Waals surface area contributed by atoms with E-state index in [9.17, 15) is 4.79 Å². The molecule has 0 aliphatic heterocycles. The van der Waals surface area contributed by atoms with Crippen molar-refractivity contribution in [2.24, 2.45) is 0 Å². The van der Waals surface area contributed by atoms with Crippen molar-refractivity contribution in [2.45, 2.75) is 0 Å². The maximum atomic E-state index is 10.9. The van der Waals surface area contributed by atoms with Crippen LogP contribution in [0.4, 0.5) is 17.2 Å². The highest BCUT2D eigenvalue weighted by Crippen LogP contribution is 2.30. The van der Waals surface area contributed by atoms with Gasteiger partial charge in [0.05, 0.1) is 11.4 Å². The van der Waals surface area contributed by atoms with Gasteiger partial charge in [0.15, 0.2) is 11.5 Å². The number of pyridine rings is 1. The number of hydrogen-bond donors (Lipinski definition) is 3. The summed E-state index contributed by atoms with van der Waals surface area (Å²) in [6.07, 6.45) is 0. The van der Waals surface area contributed by atoms with Crippen LogP contribution >= 0.6 is 27.5 Å². The minimum absolute atomic E-state index is 0.0881. The van der Waals surface area contributed by atoms with Crippen LogP contribution in [0.5, 0.6) is 0 Å². The van der Waals surface area contributed by atoms with E-state index >= 15 is 0 Å². The van der Waals surface area contributed by atoms with Crippen molar-refractivity contribution in [1.82, 2.24) is 4.98 Å². The molecule has 0 saturated heterocycles. The molecule has 5 nitrogen and oxygen atoms in total. The van der Waals surface area contributed by atoms with Crippen LogP contribution in [0, 0.1) is 0 Å². The van der Waals surface area contributed by atoms with E-state index in [2.05, 4.69) is 26.2 Å². The molecule has 0 aliphatic carbocycles. The number of anilines is 3. The Morgan fingerprint density at radius 2 is 2.11 bits per heavy atom. The Kier molecular flexibility index (Phi) is 3.92. The fourth-order valence-corrected chi connectivity index (χ4v) is 1.93. The number of carbonyl (C=O) groups is 1. The minimum Gasteiger partial charge on any atom is -0.477 e. The molecule has 2 rings (SSSR count). The molecular weight excluding hydrogens is 334 g/mol. The van der Waals surface area contributed by atoms with Gasteiger partial charge in [-0.1, -0.05) is 11.6 Å². The van der Waals surface area contributed by atoms with E-state index in [4.69, 9.17) is 22.4 Å². The summed E-state index contributed by atoms with van der Waals surface area (Å²) in [5.41, 5.74) is 6.66. The van der Waals surface area contributed by atoms with Gasteiger partial charge in [-0.3, -0.25) is 0 Å². The maximum absolute atomic E-state index is 10.9. The van der Waals surface area contributed by atoms with Crippen molar-refractivity contribution in [3.05, 3.63) is 45.5 Å². The Morgan fingerprint density at radius 3 is 2.79 bits per heavy atom. The monoisotopic (exact) mass is 341 g/mol. The smallest absolute Gasteiger partial charge is 0.354 e. The van der Waals surface area contributed by atoms with Gasteiger partial charge in [0.25, 0.3) is 0 Å². The molecular formula is C12H9BrClN3O2. The molecule has 0 atom stereocenters. The average molecular weight is 343 g/mol. The summed E-state index contributed by atoms with van der Waals surface area (Å²) in [6.45, 7) is 0. The molecule has 19 heavy (non-hydrogen) atoms. The number of benzene rings is 1. The molecule has 1 aromatic carbocycles. The zero-order valence-corrected chi connectivity index (χ0v) is 11.9. The standard InChI is InChI=1S/C12H9BrClN3O2/c13-7-2-1-6(14)5-10(7)17-11-8(15)3-4-9(16-11)12(18)19/h1-5H,15H2,(H,16,17)(H,18,19). The molecule has 2 aromatic rings. The summed E-state index contributed by atoms with van der Waals surface area (Å²) in [5, 5.41) is 12.4. The lowest BCUT2D eigenvalue weighted by atomic mass is 10.3. The lowest BCUT2D eigenvalue weighted by Gasteiger charge is -2.11. The third-order valence-electron chi connectivity index (χ3n) is 2.33. The number of halogens is 2. The molecule has 0 saturated carbocycles. The Balaban J connectivity index is 2.40. The van der Waals surface area contributed by atoms with Crippen LogP contribution in [0.3, 0.4) is 0 Å². The molecule has 7 heteroatoms. The first-order chi connectivity index (χ1) is 8.97. The number of nitrogens with zero attached hydrogens (tertiary/aromatic N) is 1. The van der Waals surface area contributed by atoms with Crippen LogP contribution in [0.2, 0.25) is 5.02 Å². The lowest BCUT2D eigenvalue weighted by Crippen LogP contribution is -2.06. The third-order valence-corrected chi connectivity index (χ3v) is 3.25. The summed E-state index contributed by atoms with van der Waals surface area (Å²) in [4.78, 5) is 14.8. The van der Waals surface area contributed by atoms with Gasteiger partial charge in [-0.25, -0.2) is 9.78 Å². The molecule has 1 aromatic heterocycles. The van der Waals surface area contributed by atoms with Crippen molar-refractivity contribution < 1.29 is 9.90 Å². The summed E-state index contributed by atoms with van der Waals surface area (Å²) < 4.78 is 0.763. The Labute approximate surface area is 122 Å². The zero-order valence-electron chi connectivity index (χ0n) is 9.52. The average Bonchev–Trinajstić information content (AvgIpc) is 2.36. The number of hydrogen-bond acceptors (Lipinski definition) is 4. The highest BCUT2D eigenvalue weighted by atomic mass is 79.9. The van der Waals surface area contributed by atoms with Gasteiger partial charge in [-0.2, -0.15) is 0 Å². The first-order valence-corrected chi connectivity index (χ1v) is 6.36. The topological polar surface area (TPSA) is 88.2 Å². The number of nitrogens with one attached hydrogen (secondary N) is 1. The number of carboxylic acids is 1. The van der Waals surface area contributed by atoms with Gasteiger partial charge in [0.1, 0.15) is 0 Å². The van der Waals surface area contributed by atoms with Crippen LogP contribution < -0.4 is 11.1 Å². The van der Waals surface area contributed by atoms with E-state index in [0.29, 0.717) is 16.4 Å². The van der Waals surface area contributed by atoms with Gasteiger partial charge in [-0.05, 0) is 46.3 Å². The van der Waals surface area contributed by atoms with E-state index in [1.807, 2.05) is 0 Å². The summed E-state index contributed by atoms with van der Waals surface area (Å²) in [5.74, 6) is -0.851. The maximum Gasteiger partial charge on any atom is 0.354 e. The zero-order chi connectivity index (χ0) is 14.0. The summed E-state index contributed by atoms with van der Waals surface area (Å²) in [6, 6.07) is 8.00. The van der Waals surface area contributed by atoms with E-state index < -0.39 is 5.97 Å². The van der Waals surface area contributed by atoms with Gasteiger partial charge in [0, 0.05) is 9.50 Å². The highest BCUT2D eigenvalue weighted by molar-refractivity contribution is 9.10. The number of aromatic carboxylic acids is 1. The molecule has 0 bridgehead atoms. The molecule has 0 spiro atoms. The normalized spacial score (nSPS) is 10.2. The quantitative estimate of drug-likeness (QED) is 0.794.